The molecule has 0 atom stereocenters. The fourth-order valence-electron chi connectivity index (χ4n) is 2.48. The second kappa shape index (κ2) is 7.59. The number of aliphatic hydroxyl groups is 1. The van der Waals surface area contributed by atoms with E-state index in [1.54, 1.807) is 18.2 Å². The standard InChI is InChI=1S/C16H20NO5P/c18-13-10-8-12(9-11-13)4-1-2-5-14-15(17-23(20,21)22)6-3-7-16(14)19/h3,7-11,18-19H,1-2,4-6H2,(H2,20,21,22). The van der Waals surface area contributed by atoms with Gasteiger partial charge in [-0.2, -0.15) is 4.76 Å². The van der Waals surface area contributed by atoms with Gasteiger partial charge in [-0.25, -0.2) is 4.57 Å². The maximum atomic E-state index is 11.1. The first kappa shape index (κ1) is 17.5. The maximum absolute atomic E-state index is 11.1. The van der Waals surface area contributed by atoms with E-state index in [0.717, 1.165) is 24.8 Å². The zero-order valence-corrected chi connectivity index (χ0v) is 13.5. The molecule has 0 aromatic heterocycles. The van der Waals surface area contributed by atoms with E-state index in [1.165, 1.54) is 6.08 Å². The lowest BCUT2D eigenvalue weighted by Crippen LogP contribution is -2.09. The number of nitrogens with zero attached hydrogens (tertiary/aromatic N) is 1. The molecule has 6 nitrogen and oxygen atoms in total. The molecule has 0 spiro atoms. The zero-order valence-electron chi connectivity index (χ0n) is 12.6. The molecular formula is C16H20NO5P. The lowest BCUT2D eigenvalue weighted by molar-refractivity contribution is 0.375. The topological polar surface area (TPSA) is 110 Å². The highest BCUT2D eigenvalue weighted by molar-refractivity contribution is 7.50. The summed E-state index contributed by atoms with van der Waals surface area (Å²) in [4.78, 5) is 18.0. The fourth-order valence-corrected chi connectivity index (χ4v) is 2.99. The predicted molar refractivity (Wildman–Crippen MR) is 88.6 cm³/mol. The van der Waals surface area contributed by atoms with Crippen molar-refractivity contribution >= 4 is 13.5 Å². The Labute approximate surface area is 134 Å². The van der Waals surface area contributed by atoms with Crippen molar-refractivity contribution in [2.24, 2.45) is 4.76 Å². The molecule has 0 fully saturated rings. The number of benzene rings is 1. The Morgan fingerprint density at radius 3 is 2.35 bits per heavy atom. The SMILES string of the molecule is O=P(O)(O)N=C1CC=CC(O)=C1CCCCc1ccc(O)cc1. The fraction of sp³-hybridized carbons (Fsp3) is 0.312. The molecule has 0 aliphatic heterocycles. The van der Waals surface area contributed by atoms with Gasteiger partial charge in [0.05, 0.1) is 5.71 Å². The average molecular weight is 337 g/mol. The van der Waals surface area contributed by atoms with Crippen molar-refractivity contribution in [3.63, 3.8) is 0 Å². The van der Waals surface area contributed by atoms with E-state index in [-0.39, 0.29) is 17.2 Å². The number of allylic oxidation sites excluding steroid dienone is 3. The third kappa shape index (κ3) is 5.67. The van der Waals surface area contributed by atoms with Gasteiger partial charge in [-0.1, -0.05) is 18.2 Å². The van der Waals surface area contributed by atoms with Gasteiger partial charge in [-0.15, -0.1) is 0 Å². The van der Waals surface area contributed by atoms with Crippen LogP contribution in [-0.4, -0.2) is 25.7 Å². The van der Waals surface area contributed by atoms with E-state index in [0.29, 0.717) is 18.4 Å². The Morgan fingerprint density at radius 2 is 1.70 bits per heavy atom. The number of unbranched alkanes of at least 4 members (excludes halogenated alkanes) is 1. The van der Waals surface area contributed by atoms with Crippen LogP contribution < -0.4 is 0 Å². The first-order valence-corrected chi connectivity index (χ1v) is 8.93. The molecule has 0 unspecified atom stereocenters. The molecule has 7 heteroatoms. The second-order valence-electron chi connectivity index (χ2n) is 5.40. The first-order valence-electron chi connectivity index (χ1n) is 7.37. The van der Waals surface area contributed by atoms with Gasteiger partial charge in [0.2, 0.25) is 0 Å². The van der Waals surface area contributed by atoms with Crippen molar-refractivity contribution < 1.29 is 24.6 Å². The molecular weight excluding hydrogens is 317 g/mol. The summed E-state index contributed by atoms with van der Waals surface area (Å²) in [6, 6.07) is 6.99. The maximum Gasteiger partial charge on any atom is 0.448 e. The second-order valence-corrected chi connectivity index (χ2v) is 6.63. The highest BCUT2D eigenvalue weighted by Crippen LogP contribution is 2.38. The number of aryl methyl sites for hydroxylation is 1. The molecule has 0 bridgehead atoms. The Hall–Kier alpha value is -1.88. The summed E-state index contributed by atoms with van der Waals surface area (Å²) in [5.41, 5.74) is 1.86. The summed E-state index contributed by atoms with van der Waals surface area (Å²) in [5.74, 6) is 0.254. The Kier molecular flexibility index (Phi) is 5.77. The first-order chi connectivity index (χ1) is 10.8. The van der Waals surface area contributed by atoms with Crippen LogP contribution in [0, 0.1) is 0 Å². The van der Waals surface area contributed by atoms with E-state index in [4.69, 9.17) is 9.79 Å². The largest absolute Gasteiger partial charge is 0.508 e. The highest BCUT2D eigenvalue weighted by atomic mass is 31.2. The molecule has 0 saturated heterocycles. The monoisotopic (exact) mass is 337 g/mol. The Bertz CT molecular complexity index is 685. The summed E-state index contributed by atoms with van der Waals surface area (Å²) >= 11 is 0. The van der Waals surface area contributed by atoms with Crippen molar-refractivity contribution in [1.29, 1.82) is 0 Å². The minimum absolute atomic E-state index is 0.0214. The van der Waals surface area contributed by atoms with Crippen molar-refractivity contribution in [2.75, 3.05) is 0 Å². The molecule has 1 aromatic carbocycles. The summed E-state index contributed by atoms with van der Waals surface area (Å²) in [6.07, 6.45) is 6.42. The number of phenols is 1. The molecule has 1 aliphatic carbocycles. The van der Waals surface area contributed by atoms with Crippen LogP contribution in [0.15, 0.2) is 52.5 Å². The summed E-state index contributed by atoms with van der Waals surface area (Å²) in [6.45, 7) is 0. The van der Waals surface area contributed by atoms with Gasteiger partial charge < -0.3 is 20.0 Å². The van der Waals surface area contributed by atoms with Gasteiger partial charge in [0, 0.05) is 12.0 Å². The quantitative estimate of drug-likeness (QED) is 0.470. The van der Waals surface area contributed by atoms with Crippen LogP contribution in [0.5, 0.6) is 5.75 Å². The van der Waals surface area contributed by atoms with Crippen LogP contribution in [0.4, 0.5) is 0 Å². The number of hydrogen-bond donors (Lipinski definition) is 4. The molecule has 0 amide bonds. The Morgan fingerprint density at radius 1 is 1.04 bits per heavy atom. The van der Waals surface area contributed by atoms with Crippen molar-refractivity contribution in [3.8, 4) is 5.75 Å². The number of aromatic hydroxyl groups is 1. The van der Waals surface area contributed by atoms with Gasteiger partial charge >= 0.3 is 7.75 Å². The van der Waals surface area contributed by atoms with E-state index in [2.05, 4.69) is 4.76 Å². The smallest absolute Gasteiger partial charge is 0.448 e. The van der Waals surface area contributed by atoms with Crippen molar-refractivity contribution in [1.82, 2.24) is 0 Å². The molecule has 4 N–H and O–H groups in total. The van der Waals surface area contributed by atoms with Gasteiger partial charge in [0.15, 0.2) is 0 Å². The average Bonchev–Trinajstić information content (AvgIpc) is 2.46. The van der Waals surface area contributed by atoms with Gasteiger partial charge in [0.25, 0.3) is 0 Å². The molecule has 1 aliphatic rings. The molecule has 0 radical (unpaired) electrons. The molecule has 0 heterocycles. The van der Waals surface area contributed by atoms with Crippen LogP contribution in [0.25, 0.3) is 0 Å². The van der Waals surface area contributed by atoms with Gasteiger partial charge in [-0.05, 0) is 49.5 Å². The molecule has 2 rings (SSSR count). The minimum atomic E-state index is -4.50. The van der Waals surface area contributed by atoms with Crippen LogP contribution >= 0.6 is 7.75 Å². The van der Waals surface area contributed by atoms with E-state index < -0.39 is 7.75 Å². The number of phenolic OH excluding ortho intramolecular Hbond substituents is 1. The highest BCUT2D eigenvalue weighted by Gasteiger charge is 2.19. The van der Waals surface area contributed by atoms with Crippen LogP contribution in [0.3, 0.4) is 0 Å². The lowest BCUT2D eigenvalue weighted by atomic mass is 9.95. The molecule has 23 heavy (non-hydrogen) atoms. The Balaban J connectivity index is 1.94. The normalized spacial score (nSPS) is 17.0. The van der Waals surface area contributed by atoms with E-state index in [9.17, 15) is 14.8 Å². The third-order valence-corrected chi connectivity index (χ3v) is 4.08. The third-order valence-electron chi connectivity index (χ3n) is 3.57. The molecule has 124 valence electrons. The van der Waals surface area contributed by atoms with E-state index >= 15 is 0 Å². The number of hydrogen-bond acceptors (Lipinski definition) is 3. The number of rotatable bonds is 6. The van der Waals surface area contributed by atoms with Gasteiger partial charge in [0.1, 0.15) is 11.5 Å². The minimum Gasteiger partial charge on any atom is -0.508 e. The zero-order chi connectivity index (χ0) is 16.9. The lowest BCUT2D eigenvalue weighted by Gasteiger charge is -2.15. The summed E-state index contributed by atoms with van der Waals surface area (Å²) in [5, 5.41) is 19.1. The summed E-state index contributed by atoms with van der Waals surface area (Å²) < 4.78 is 14.5. The number of aliphatic hydroxyl groups excluding tert-OH is 1. The van der Waals surface area contributed by atoms with Crippen molar-refractivity contribution in [3.05, 3.63) is 53.3 Å². The molecule has 0 saturated carbocycles. The van der Waals surface area contributed by atoms with Gasteiger partial charge in [-0.3, -0.25) is 0 Å². The van der Waals surface area contributed by atoms with Crippen LogP contribution in [0.1, 0.15) is 31.2 Å². The van der Waals surface area contributed by atoms with E-state index in [1.807, 2.05) is 12.1 Å². The van der Waals surface area contributed by atoms with Crippen LogP contribution in [-0.2, 0) is 11.0 Å². The van der Waals surface area contributed by atoms with Crippen molar-refractivity contribution in [2.45, 2.75) is 32.1 Å². The van der Waals surface area contributed by atoms with Crippen LogP contribution in [0.2, 0.25) is 0 Å². The predicted octanol–water partition coefficient (Wildman–Crippen LogP) is 3.41. The summed E-state index contributed by atoms with van der Waals surface area (Å²) in [7, 11) is -4.50. The molecule has 1 aromatic rings.